The van der Waals surface area contributed by atoms with Crippen LogP contribution in [0.3, 0.4) is 0 Å². The van der Waals surface area contributed by atoms with E-state index in [0.29, 0.717) is 5.82 Å². The average molecular weight is 230 g/mol. The van der Waals surface area contributed by atoms with E-state index < -0.39 is 0 Å². The minimum Gasteiger partial charge on any atom is -0.493 e. The number of nitrogen functional groups attached to an aromatic ring is 1. The van der Waals surface area contributed by atoms with Gasteiger partial charge in [-0.1, -0.05) is 12.1 Å². The molecule has 0 spiro atoms. The molecule has 4 heteroatoms. The third kappa shape index (κ3) is 1.56. The van der Waals surface area contributed by atoms with Crippen LogP contribution < -0.4 is 10.5 Å². The molecule has 4 nitrogen and oxygen atoms in total. The van der Waals surface area contributed by atoms with Crippen LogP contribution in [0.1, 0.15) is 18.1 Å². The molecule has 2 aromatic rings. The number of rotatable bonds is 2. The van der Waals surface area contributed by atoms with Crippen molar-refractivity contribution in [1.29, 1.82) is 0 Å². The van der Waals surface area contributed by atoms with Gasteiger partial charge in [-0.15, -0.1) is 0 Å². The van der Waals surface area contributed by atoms with Gasteiger partial charge in [0.25, 0.3) is 0 Å². The van der Waals surface area contributed by atoms with Crippen LogP contribution in [0.15, 0.2) is 22.7 Å². The van der Waals surface area contributed by atoms with Crippen LogP contribution in [0, 0.1) is 0 Å². The molecule has 0 atom stereocenters. The highest BCUT2D eigenvalue weighted by molar-refractivity contribution is 5.68. The number of hydrogen-bond donors (Lipinski definition) is 1. The van der Waals surface area contributed by atoms with Gasteiger partial charge in [0.05, 0.1) is 6.61 Å². The molecule has 0 aliphatic carbocycles. The topological polar surface area (TPSA) is 61.3 Å². The van der Waals surface area contributed by atoms with Gasteiger partial charge in [-0.05, 0) is 30.2 Å². The molecule has 2 N–H and O–H groups in total. The lowest BCUT2D eigenvalue weighted by molar-refractivity contribution is 0.357. The molecule has 0 unspecified atom stereocenters. The quantitative estimate of drug-likeness (QED) is 0.860. The zero-order valence-electron chi connectivity index (χ0n) is 9.69. The van der Waals surface area contributed by atoms with Crippen molar-refractivity contribution in [3.8, 4) is 17.1 Å². The van der Waals surface area contributed by atoms with E-state index in [1.165, 1.54) is 5.56 Å². The average Bonchev–Trinajstić information content (AvgIpc) is 2.93. The smallest absolute Gasteiger partial charge is 0.172 e. The van der Waals surface area contributed by atoms with Crippen molar-refractivity contribution in [1.82, 2.24) is 5.16 Å². The summed E-state index contributed by atoms with van der Waals surface area (Å²) in [4.78, 5) is 0. The summed E-state index contributed by atoms with van der Waals surface area (Å²) in [6.07, 6.45) is 1.77. The summed E-state index contributed by atoms with van der Waals surface area (Å²) in [5, 5.41) is 3.83. The zero-order chi connectivity index (χ0) is 11.8. The van der Waals surface area contributed by atoms with Gasteiger partial charge in [0.1, 0.15) is 5.75 Å². The SMILES string of the molecule is CCc1c(N)noc1-c1ccc2c(c1)CCO2. The van der Waals surface area contributed by atoms with E-state index in [4.69, 9.17) is 15.0 Å². The van der Waals surface area contributed by atoms with E-state index in [2.05, 4.69) is 11.2 Å². The molecule has 3 rings (SSSR count). The molecule has 0 saturated heterocycles. The summed E-state index contributed by atoms with van der Waals surface area (Å²) >= 11 is 0. The standard InChI is InChI=1S/C13H14N2O2/c1-2-10-12(17-15-13(10)14)9-3-4-11-8(7-9)5-6-16-11/h3-4,7H,2,5-6H2,1H3,(H2,14,15). The van der Waals surface area contributed by atoms with E-state index in [9.17, 15) is 0 Å². The number of fused-ring (bicyclic) bond motifs is 1. The summed E-state index contributed by atoms with van der Waals surface area (Å²) in [5.41, 5.74) is 8.99. The summed E-state index contributed by atoms with van der Waals surface area (Å²) in [6.45, 7) is 2.81. The molecule has 0 saturated carbocycles. The Kier molecular flexibility index (Phi) is 2.28. The molecule has 2 heterocycles. The first kappa shape index (κ1) is 10.2. The molecule has 1 aliphatic heterocycles. The molecular formula is C13H14N2O2. The summed E-state index contributed by atoms with van der Waals surface area (Å²) in [7, 11) is 0. The van der Waals surface area contributed by atoms with Crippen LogP contribution >= 0.6 is 0 Å². The van der Waals surface area contributed by atoms with Crippen molar-refractivity contribution < 1.29 is 9.26 Å². The van der Waals surface area contributed by atoms with Gasteiger partial charge in [0.2, 0.25) is 0 Å². The molecule has 1 aromatic carbocycles. The number of nitrogens with zero attached hydrogens (tertiary/aromatic N) is 1. The second-order valence-corrected chi connectivity index (χ2v) is 4.15. The van der Waals surface area contributed by atoms with Crippen molar-refractivity contribution >= 4 is 5.82 Å². The zero-order valence-corrected chi connectivity index (χ0v) is 9.69. The maximum Gasteiger partial charge on any atom is 0.172 e. The lowest BCUT2D eigenvalue weighted by atomic mass is 10.0. The first-order valence-corrected chi connectivity index (χ1v) is 5.79. The molecule has 17 heavy (non-hydrogen) atoms. The van der Waals surface area contributed by atoms with Gasteiger partial charge in [0.15, 0.2) is 11.6 Å². The van der Waals surface area contributed by atoms with Crippen LogP contribution in [0.5, 0.6) is 5.75 Å². The number of anilines is 1. The summed E-state index contributed by atoms with van der Waals surface area (Å²) in [5.74, 6) is 2.23. The molecular weight excluding hydrogens is 216 g/mol. The third-order valence-electron chi connectivity index (χ3n) is 3.12. The number of nitrogens with two attached hydrogens (primary N) is 1. The fraction of sp³-hybridized carbons (Fsp3) is 0.308. The fourth-order valence-corrected chi connectivity index (χ4v) is 2.22. The number of aromatic nitrogens is 1. The van der Waals surface area contributed by atoms with Crippen LogP contribution in [0.2, 0.25) is 0 Å². The maximum absolute atomic E-state index is 5.77. The molecule has 1 aromatic heterocycles. The van der Waals surface area contributed by atoms with Gasteiger partial charge in [-0.25, -0.2) is 0 Å². The largest absolute Gasteiger partial charge is 0.493 e. The fourth-order valence-electron chi connectivity index (χ4n) is 2.22. The second kappa shape index (κ2) is 3.80. The Bertz CT molecular complexity index is 561. The highest BCUT2D eigenvalue weighted by Gasteiger charge is 2.17. The third-order valence-corrected chi connectivity index (χ3v) is 3.12. The maximum atomic E-state index is 5.77. The van der Waals surface area contributed by atoms with Crippen molar-refractivity contribution in [2.75, 3.05) is 12.3 Å². The highest BCUT2D eigenvalue weighted by atomic mass is 16.5. The predicted molar refractivity (Wildman–Crippen MR) is 64.9 cm³/mol. The van der Waals surface area contributed by atoms with E-state index in [1.54, 1.807) is 0 Å². The predicted octanol–water partition coefficient (Wildman–Crippen LogP) is 2.42. The Morgan fingerprint density at radius 1 is 1.41 bits per heavy atom. The van der Waals surface area contributed by atoms with Gasteiger partial charge in [-0.3, -0.25) is 0 Å². The van der Waals surface area contributed by atoms with Crippen molar-refractivity contribution in [2.24, 2.45) is 0 Å². The van der Waals surface area contributed by atoms with Gasteiger partial charge >= 0.3 is 0 Å². The van der Waals surface area contributed by atoms with Crippen LogP contribution in [-0.2, 0) is 12.8 Å². The van der Waals surface area contributed by atoms with E-state index in [1.807, 2.05) is 19.1 Å². The van der Waals surface area contributed by atoms with E-state index in [0.717, 1.165) is 42.1 Å². The molecule has 0 radical (unpaired) electrons. The lowest BCUT2D eigenvalue weighted by Gasteiger charge is -2.02. The Morgan fingerprint density at radius 3 is 3.12 bits per heavy atom. The van der Waals surface area contributed by atoms with Crippen molar-refractivity contribution in [2.45, 2.75) is 19.8 Å². The minimum atomic E-state index is 0.485. The minimum absolute atomic E-state index is 0.485. The Morgan fingerprint density at radius 2 is 2.29 bits per heavy atom. The van der Waals surface area contributed by atoms with Crippen LogP contribution in [0.25, 0.3) is 11.3 Å². The summed E-state index contributed by atoms with van der Waals surface area (Å²) < 4.78 is 10.8. The van der Waals surface area contributed by atoms with Crippen LogP contribution in [-0.4, -0.2) is 11.8 Å². The van der Waals surface area contributed by atoms with Crippen molar-refractivity contribution in [3.63, 3.8) is 0 Å². The number of benzene rings is 1. The Hall–Kier alpha value is -1.97. The first-order valence-electron chi connectivity index (χ1n) is 5.79. The van der Waals surface area contributed by atoms with Gasteiger partial charge in [-0.2, -0.15) is 0 Å². The molecule has 0 fully saturated rings. The van der Waals surface area contributed by atoms with E-state index >= 15 is 0 Å². The van der Waals surface area contributed by atoms with Crippen LogP contribution in [0.4, 0.5) is 5.82 Å². The van der Waals surface area contributed by atoms with Crippen molar-refractivity contribution in [3.05, 3.63) is 29.3 Å². The number of hydrogen-bond acceptors (Lipinski definition) is 4. The Labute approximate surface area is 99.4 Å². The Balaban J connectivity index is 2.09. The molecule has 0 amide bonds. The summed E-state index contributed by atoms with van der Waals surface area (Å²) in [6, 6.07) is 6.07. The highest BCUT2D eigenvalue weighted by Crippen LogP contribution is 2.33. The molecule has 1 aliphatic rings. The molecule has 88 valence electrons. The molecule has 0 bridgehead atoms. The first-order chi connectivity index (χ1) is 8.29. The lowest BCUT2D eigenvalue weighted by Crippen LogP contribution is -1.91. The monoisotopic (exact) mass is 230 g/mol. The van der Waals surface area contributed by atoms with E-state index in [-0.39, 0.29) is 0 Å². The van der Waals surface area contributed by atoms with Gasteiger partial charge < -0.3 is 15.0 Å². The normalized spacial score (nSPS) is 13.5. The van der Waals surface area contributed by atoms with Gasteiger partial charge in [0, 0.05) is 17.5 Å². The second-order valence-electron chi connectivity index (χ2n) is 4.15. The number of ether oxygens (including phenoxy) is 1.